The van der Waals surface area contributed by atoms with Crippen LogP contribution in [0.2, 0.25) is 0 Å². The Bertz CT molecular complexity index is 1410. The van der Waals surface area contributed by atoms with Crippen LogP contribution in [0.3, 0.4) is 0 Å². The third-order valence-electron chi connectivity index (χ3n) is 5.54. The Balaban J connectivity index is 1.60. The number of fused-ring (bicyclic) bond motifs is 1. The average molecular weight is 533 g/mol. The summed E-state index contributed by atoms with van der Waals surface area (Å²) in [6, 6.07) is 21.8. The van der Waals surface area contributed by atoms with Gasteiger partial charge in [0.05, 0.1) is 11.6 Å². The van der Waals surface area contributed by atoms with E-state index >= 15 is 0 Å². The highest BCUT2D eigenvalue weighted by Crippen LogP contribution is 2.24. The normalized spacial score (nSPS) is 11.7. The van der Waals surface area contributed by atoms with E-state index in [9.17, 15) is 14.4 Å². The van der Waals surface area contributed by atoms with Gasteiger partial charge in [0.15, 0.2) is 0 Å². The fourth-order valence-corrected chi connectivity index (χ4v) is 4.33. The molecule has 1 atom stereocenters. The quantitative estimate of drug-likeness (QED) is 0.307. The van der Waals surface area contributed by atoms with Crippen LogP contribution in [0.25, 0.3) is 10.9 Å². The first-order valence-corrected chi connectivity index (χ1v) is 11.9. The predicted octanol–water partition coefficient (Wildman–Crippen LogP) is 5.22. The van der Waals surface area contributed by atoms with Crippen molar-refractivity contribution >= 4 is 50.2 Å². The van der Waals surface area contributed by atoms with Gasteiger partial charge in [-0.3, -0.25) is 19.8 Å². The summed E-state index contributed by atoms with van der Waals surface area (Å²) in [6.07, 6.45) is 0. The molecule has 0 unspecified atom stereocenters. The number of nitrogens with one attached hydrogen (secondary N) is 3. The van der Waals surface area contributed by atoms with Gasteiger partial charge in [0.2, 0.25) is 0 Å². The van der Waals surface area contributed by atoms with E-state index in [0.29, 0.717) is 11.2 Å². The standard InChI is InChI=1S/C27H25BrN4O3/c1-16-11-17(2)13-22(12-16)30-25(33)24-15-20-14-21(28)9-10-23(20)32(24)31-27(35)26(34)29-18(3)19-7-5-4-6-8-19/h4-15,18H,1-3H3,(H,29,34)(H,30,33)(H,31,35)/t18-/m1/s1. The van der Waals surface area contributed by atoms with Gasteiger partial charge < -0.3 is 10.6 Å². The molecule has 0 aliphatic carbocycles. The number of benzene rings is 3. The van der Waals surface area contributed by atoms with Crippen LogP contribution in [-0.4, -0.2) is 22.4 Å². The van der Waals surface area contributed by atoms with Crippen molar-refractivity contribution in [2.45, 2.75) is 26.8 Å². The first kappa shape index (κ1) is 24.2. The molecule has 35 heavy (non-hydrogen) atoms. The van der Waals surface area contributed by atoms with Crippen molar-refractivity contribution in [2.75, 3.05) is 10.7 Å². The molecular weight excluding hydrogens is 508 g/mol. The van der Waals surface area contributed by atoms with E-state index in [-0.39, 0.29) is 11.7 Å². The summed E-state index contributed by atoms with van der Waals surface area (Å²) in [4.78, 5) is 38.7. The Hall–Kier alpha value is -3.91. The molecule has 0 bridgehead atoms. The first-order chi connectivity index (χ1) is 16.7. The maximum Gasteiger partial charge on any atom is 0.328 e. The predicted molar refractivity (Wildman–Crippen MR) is 141 cm³/mol. The number of aromatic nitrogens is 1. The van der Waals surface area contributed by atoms with E-state index in [4.69, 9.17) is 0 Å². The molecule has 0 spiro atoms. The number of rotatable bonds is 5. The molecule has 1 heterocycles. The molecule has 4 aromatic rings. The second-order valence-corrected chi connectivity index (χ2v) is 9.36. The third kappa shape index (κ3) is 5.60. The van der Waals surface area contributed by atoms with Crippen molar-refractivity contribution < 1.29 is 14.4 Å². The molecule has 178 valence electrons. The number of nitrogens with zero attached hydrogens (tertiary/aromatic N) is 1. The number of anilines is 1. The summed E-state index contributed by atoms with van der Waals surface area (Å²) in [6.45, 7) is 5.70. The van der Waals surface area contributed by atoms with Crippen molar-refractivity contribution in [3.05, 3.63) is 99.7 Å². The highest BCUT2D eigenvalue weighted by atomic mass is 79.9. The van der Waals surface area contributed by atoms with Crippen molar-refractivity contribution in [2.24, 2.45) is 0 Å². The molecule has 1 aromatic heterocycles. The molecule has 3 N–H and O–H groups in total. The lowest BCUT2D eigenvalue weighted by molar-refractivity contribution is -0.137. The number of halogens is 1. The van der Waals surface area contributed by atoms with E-state index in [1.165, 1.54) is 4.68 Å². The van der Waals surface area contributed by atoms with Gasteiger partial charge in [0, 0.05) is 15.5 Å². The number of aryl methyl sites for hydroxylation is 2. The second-order valence-electron chi connectivity index (χ2n) is 8.45. The third-order valence-corrected chi connectivity index (χ3v) is 6.04. The first-order valence-electron chi connectivity index (χ1n) is 11.1. The average Bonchev–Trinajstić information content (AvgIpc) is 3.16. The van der Waals surface area contributed by atoms with Gasteiger partial charge in [-0.1, -0.05) is 52.3 Å². The summed E-state index contributed by atoms with van der Waals surface area (Å²) in [7, 11) is 0. The minimum absolute atomic E-state index is 0.189. The van der Waals surface area contributed by atoms with E-state index < -0.39 is 17.7 Å². The second kappa shape index (κ2) is 10.1. The lowest BCUT2D eigenvalue weighted by Crippen LogP contribution is -2.40. The highest BCUT2D eigenvalue weighted by Gasteiger charge is 2.22. The molecule has 0 radical (unpaired) electrons. The molecule has 0 saturated carbocycles. The summed E-state index contributed by atoms with van der Waals surface area (Å²) in [5.74, 6) is -2.10. The molecule has 0 aliphatic heterocycles. The summed E-state index contributed by atoms with van der Waals surface area (Å²) in [5.41, 5.74) is 6.91. The number of hydrogen-bond acceptors (Lipinski definition) is 3. The maximum absolute atomic E-state index is 13.2. The Morgan fingerprint density at radius 2 is 1.54 bits per heavy atom. The van der Waals surface area contributed by atoms with Gasteiger partial charge in [-0.2, -0.15) is 0 Å². The minimum atomic E-state index is -0.881. The summed E-state index contributed by atoms with van der Waals surface area (Å²) >= 11 is 3.44. The highest BCUT2D eigenvalue weighted by molar-refractivity contribution is 9.10. The van der Waals surface area contributed by atoms with Crippen LogP contribution in [0.4, 0.5) is 5.69 Å². The van der Waals surface area contributed by atoms with Crippen LogP contribution in [0.1, 0.15) is 40.1 Å². The van der Waals surface area contributed by atoms with E-state index in [2.05, 4.69) is 32.0 Å². The van der Waals surface area contributed by atoms with Crippen LogP contribution >= 0.6 is 15.9 Å². The number of carbonyl (C=O) groups excluding carboxylic acids is 3. The van der Waals surface area contributed by atoms with Gasteiger partial charge in [-0.25, -0.2) is 4.68 Å². The van der Waals surface area contributed by atoms with Crippen molar-refractivity contribution in [3.63, 3.8) is 0 Å². The molecule has 3 aromatic carbocycles. The topological polar surface area (TPSA) is 92.2 Å². The van der Waals surface area contributed by atoms with Gasteiger partial charge >= 0.3 is 11.8 Å². The lowest BCUT2D eigenvalue weighted by Gasteiger charge is -2.16. The maximum atomic E-state index is 13.2. The number of carbonyl (C=O) groups is 3. The zero-order chi connectivity index (χ0) is 25.1. The van der Waals surface area contributed by atoms with Crippen LogP contribution in [0.15, 0.2) is 77.3 Å². The minimum Gasteiger partial charge on any atom is -0.341 e. The fraction of sp³-hybridized carbons (Fsp3) is 0.148. The van der Waals surface area contributed by atoms with Crippen molar-refractivity contribution in [3.8, 4) is 0 Å². The van der Waals surface area contributed by atoms with Crippen LogP contribution < -0.4 is 16.1 Å². The monoisotopic (exact) mass is 532 g/mol. The van der Waals surface area contributed by atoms with Crippen molar-refractivity contribution in [1.29, 1.82) is 0 Å². The molecular formula is C27H25BrN4O3. The Kier molecular flexibility index (Phi) is 7.02. The smallest absolute Gasteiger partial charge is 0.328 e. The fourth-order valence-electron chi connectivity index (χ4n) is 3.96. The van der Waals surface area contributed by atoms with Gasteiger partial charge in [0.25, 0.3) is 5.91 Å². The van der Waals surface area contributed by atoms with Crippen molar-refractivity contribution in [1.82, 2.24) is 9.99 Å². The molecule has 0 fully saturated rings. The SMILES string of the molecule is Cc1cc(C)cc(NC(=O)c2cc3cc(Br)ccc3n2NC(=O)C(=O)N[C@H](C)c2ccccc2)c1. The molecule has 7 nitrogen and oxygen atoms in total. The molecule has 0 aliphatic rings. The summed E-state index contributed by atoms with van der Waals surface area (Å²) in [5, 5.41) is 6.31. The zero-order valence-electron chi connectivity index (χ0n) is 19.6. The molecule has 0 saturated heterocycles. The number of hydrogen-bond donors (Lipinski definition) is 3. The molecule has 3 amide bonds. The van der Waals surface area contributed by atoms with E-state index in [1.54, 1.807) is 25.1 Å². The van der Waals surface area contributed by atoms with E-state index in [1.807, 2.05) is 68.4 Å². The zero-order valence-corrected chi connectivity index (χ0v) is 21.1. The Morgan fingerprint density at radius 3 is 2.23 bits per heavy atom. The Morgan fingerprint density at radius 1 is 0.857 bits per heavy atom. The molecule has 4 rings (SSSR count). The van der Waals surface area contributed by atoms with Crippen LogP contribution in [0.5, 0.6) is 0 Å². The Labute approximate surface area is 211 Å². The summed E-state index contributed by atoms with van der Waals surface area (Å²) < 4.78 is 2.17. The van der Waals surface area contributed by atoms with E-state index in [0.717, 1.165) is 26.5 Å². The van der Waals surface area contributed by atoms with Crippen LogP contribution in [0, 0.1) is 13.8 Å². The molecule has 8 heteroatoms. The number of amides is 3. The lowest BCUT2D eigenvalue weighted by atomic mass is 10.1. The van der Waals surface area contributed by atoms with Gasteiger partial charge in [-0.15, -0.1) is 0 Å². The van der Waals surface area contributed by atoms with Gasteiger partial charge in [-0.05, 0) is 73.9 Å². The largest absolute Gasteiger partial charge is 0.341 e. The van der Waals surface area contributed by atoms with Crippen LogP contribution in [-0.2, 0) is 9.59 Å². The van der Waals surface area contributed by atoms with Gasteiger partial charge in [0.1, 0.15) is 5.69 Å².